The number of ketones is 1. The number of carbonyl (C=O) groups excluding carboxylic acids is 1. The summed E-state index contributed by atoms with van der Waals surface area (Å²) in [5, 5.41) is 7.51. The molecular formula is C35H34N6O2. The Hall–Kier alpha value is -4.82. The topological polar surface area (TPSA) is 92.2 Å². The molecule has 1 saturated heterocycles. The van der Waals surface area contributed by atoms with E-state index in [0.717, 1.165) is 59.5 Å². The second-order valence-electron chi connectivity index (χ2n) is 11.5. The van der Waals surface area contributed by atoms with Crippen LogP contribution in [-0.4, -0.2) is 46.5 Å². The maximum absolute atomic E-state index is 14.3. The average Bonchev–Trinajstić information content (AvgIpc) is 3.02. The number of nitrogens with one attached hydrogen (secondary N) is 2. The Morgan fingerprint density at radius 1 is 0.837 bits per heavy atom. The highest BCUT2D eigenvalue weighted by Gasteiger charge is 2.29. The molecule has 7 rings (SSSR count). The number of hydrogen-bond donors (Lipinski definition) is 2. The van der Waals surface area contributed by atoms with Crippen molar-refractivity contribution in [2.45, 2.75) is 32.7 Å². The lowest BCUT2D eigenvalue weighted by molar-refractivity contribution is 0.0951. The van der Waals surface area contributed by atoms with Gasteiger partial charge >= 0.3 is 0 Å². The quantitative estimate of drug-likeness (QED) is 0.284. The highest BCUT2D eigenvalue weighted by Crippen LogP contribution is 2.32. The van der Waals surface area contributed by atoms with Crippen molar-refractivity contribution in [2.75, 3.05) is 36.4 Å². The highest BCUT2D eigenvalue weighted by atomic mass is 16.1. The number of nitrogens with zero attached hydrogens (tertiary/aromatic N) is 4. The summed E-state index contributed by atoms with van der Waals surface area (Å²) < 4.78 is 1.73. The van der Waals surface area contributed by atoms with Crippen LogP contribution in [0.3, 0.4) is 0 Å². The van der Waals surface area contributed by atoms with Crippen LogP contribution in [0.1, 0.15) is 39.5 Å². The first-order valence-electron chi connectivity index (χ1n) is 14.9. The number of hydrogen-bond acceptors (Lipinski definition) is 7. The van der Waals surface area contributed by atoms with Gasteiger partial charge in [-0.05, 0) is 66.8 Å². The van der Waals surface area contributed by atoms with Crippen LogP contribution in [-0.2, 0) is 6.42 Å². The van der Waals surface area contributed by atoms with Gasteiger partial charge in [-0.25, -0.2) is 4.98 Å². The fourth-order valence-corrected chi connectivity index (χ4v) is 6.51. The molecule has 3 aromatic carbocycles. The second kappa shape index (κ2) is 11.1. The van der Waals surface area contributed by atoms with Crippen LogP contribution >= 0.6 is 0 Å². The van der Waals surface area contributed by atoms with Gasteiger partial charge < -0.3 is 15.5 Å². The molecule has 8 nitrogen and oxygen atoms in total. The molecule has 1 fully saturated rings. The van der Waals surface area contributed by atoms with Crippen LogP contribution < -0.4 is 21.1 Å². The number of aryl methyl sites for hydroxylation is 2. The number of rotatable bonds is 5. The van der Waals surface area contributed by atoms with Crippen LogP contribution in [0.25, 0.3) is 22.2 Å². The van der Waals surface area contributed by atoms with Crippen LogP contribution in [0.2, 0.25) is 0 Å². The third-order valence-corrected chi connectivity index (χ3v) is 8.68. The van der Waals surface area contributed by atoms with Crippen molar-refractivity contribution in [2.24, 2.45) is 0 Å². The Bertz CT molecular complexity index is 1920. The lowest BCUT2D eigenvalue weighted by Crippen LogP contribution is -2.43. The van der Waals surface area contributed by atoms with Crippen molar-refractivity contribution in [3.05, 3.63) is 112 Å². The van der Waals surface area contributed by atoms with Gasteiger partial charge in [0.15, 0.2) is 5.78 Å². The molecular weight excluding hydrogens is 536 g/mol. The molecule has 43 heavy (non-hydrogen) atoms. The van der Waals surface area contributed by atoms with Gasteiger partial charge in [0.25, 0.3) is 5.56 Å². The van der Waals surface area contributed by atoms with Crippen molar-refractivity contribution in [1.29, 1.82) is 0 Å². The molecule has 1 aliphatic heterocycles. The number of anilines is 3. The minimum Gasteiger partial charge on any atom is -0.369 e. The van der Waals surface area contributed by atoms with Gasteiger partial charge in [-0.15, -0.1) is 0 Å². The van der Waals surface area contributed by atoms with Crippen molar-refractivity contribution in [3.63, 3.8) is 0 Å². The van der Waals surface area contributed by atoms with E-state index >= 15 is 0 Å². The molecule has 3 heterocycles. The van der Waals surface area contributed by atoms with Gasteiger partial charge in [0, 0.05) is 66.7 Å². The summed E-state index contributed by atoms with van der Waals surface area (Å²) in [6.45, 7) is 8.05. The van der Waals surface area contributed by atoms with E-state index in [1.807, 2.05) is 67.6 Å². The molecule has 216 valence electrons. The summed E-state index contributed by atoms with van der Waals surface area (Å²) in [4.78, 5) is 39.5. The van der Waals surface area contributed by atoms with E-state index in [0.29, 0.717) is 23.6 Å². The zero-order chi connectivity index (χ0) is 29.5. The van der Waals surface area contributed by atoms with E-state index in [4.69, 9.17) is 4.98 Å². The molecule has 1 aliphatic carbocycles. The number of aromatic nitrogens is 3. The Kier molecular flexibility index (Phi) is 6.99. The molecule has 0 amide bonds. The predicted octanol–water partition coefficient (Wildman–Crippen LogP) is 5.60. The monoisotopic (exact) mass is 570 g/mol. The Morgan fingerprint density at radius 3 is 2.40 bits per heavy atom. The summed E-state index contributed by atoms with van der Waals surface area (Å²) in [5.74, 6) is 0.446. The number of carbonyl (C=O) groups is 1. The maximum Gasteiger partial charge on any atom is 0.260 e. The fraction of sp³-hybridized carbons (Fsp3) is 0.257. The van der Waals surface area contributed by atoms with E-state index < -0.39 is 0 Å². The summed E-state index contributed by atoms with van der Waals surface area (Å²) in [5.41, 5.74) is 7.80. The van der Waals surface area contributed by atoms with E-state index in [2.05, 4.69) is 39.6 Å². The number of Topliss-reactive ketones (excluding diaryl/α,β-unsaturated/α-hetero) is 1. The molecule has 8 heteroatoms. The summed E-state index contributed by atoms with van der Waals surface area (Å²) >= 11 is 0. The van der Waals surface area contributed by atoms with Crippen LogP contribution in [0.5, 0.6) is 0 Å². The van der Waals surface area contributed by atoms with Crippen LogP contribution in [0, 0.1) is 13.8 Å². The first kappa shape index (κ1) is 27.0. The Labute approximate surface area is 250 Å². The molecule has 0 spiro atoms. The Morgan fingerprint density at radius 2 is 1.60 bits per heavy atom. The molecule has 5 aromatic rings. The molecule has 2 aromatic heterocycles. The minimum absolute atomic E-state index is 0.0423. The standard InChI is InChI=1S/C35H34N6O2/c1-22-7-3-5-9-28(22)30-19-25-21-37-35(38-26-11-12-31(23(2)17-26)40-15-13-36-14-16-40)39-33(25)41(34(30)43)27-18-24-8-4-6-10-29(24)32(42)20-27/h3-12,17,19,21,27,36H,13-16,18,20H2,1-2H3,(H,37,38,39). The molecule has 1 atom stereocenters. The largest absolute Gasteiger partial charge is 0.369 e. The lowest BCUT2D eigenvalue weighted by Gasteiger charge is -2.30. The summed E-state index contributed by atoms with van der Waals surface area (Å²) in [7, 11) is 0. The normalized spacial score (nSPS) is 16.7. The lowest BCUT2D eigenvalue weighted by atomic mass is 9.87. The third kappa shape index (κ3) is 5.08. The minimum atomic E-state index is -0.357. The van der Waals surface area contributed by atoms with E-state index in [1.165, 1.54) is 11.3 Å². The molecule has 0 saturated carbocycles. The number of fused-ring (bicyclic) bond motifs is 2. The molecule has 1 unspecified atom stereocenters. The molecule has 0 bridgehead atoms. The fourth-order valence-electron chi connectivity index (χ4n) is 6.51. The smallest absolute Gasteiger partial charge is 0.260 e. The van der Waals surface area contributed by atoms with Crippen molar-refractivity contribution >= 4 is 34.1 Å². The van der Waals surface area contributed by atoms with Gasteiger partial charge in [0.05, 0.1) is 6.04 Å². The zero-order valence-electron chi connectivity index (χ0n) is 24.4. The average molecular weight is 571 g/mol. The molecule has 2 N–H and O–H groups in total. The Balaban J connectivity index is 1.31. The van der Waals surface area contributed by atoms with E-state index in [9.17, 15) is 9.59 Å². The van der Waals surface area contributed by atoms with Gasteiger partial charge in [-0.3, -0.25) is 14.2 Å². The van der Waals surface area contributed by atoms with Crippen molar-refractivity contribution in [1.82, 2.24) is 19.9 Å². The predicted molar refractivity (Wildman–Crippen MR) is 172 cm³/mol. The van der Waals surface area contributed by atoms with Crippen LogP contribution in [0.4, 0.5) is 17.3 Å². The third-order valence-electron chi connectivity index (χ3n) is 8.68. The number of benzene rings is 3. The molecule has 2 aliphatic rings. The zero-order valence-corrected chi connectivity index (χ0v) is 24.4. The van der Waals surface area contributed by atoms with Crippen molar-refractivity contribution in [3.8, 4) is 11.1 Å². The van der Waals surface area contributed by atoms with Crippen LogP contribution in [0.15, 0.2) is 83.8 Å². The van der Waals surface area contributed by atoms with Gasteiger partial charge in [-0.1, -0.05) is 48.5 Å². The summed E-state index contributed by atoms with van der Waals surface area (Å²) in [6, 6.07) is 23.4. The first-order chi connectivity index (χ1) is 21.0. The van der Waals surface area contributed by atoms with E-state index in [-0.39, 0.29) is 23.8 Å². The number of piperazine rings is 1. The van der Waals surface area contributed by atoms with Crippen molar-refractivity contribution < 1.29 is 4.79 Å². The molecule has 0 radical (unpaired) electrons. The SMILES string of the molecule is Cc1ccccc1-c1cc2cnc(Nc3ccc(N4CCNCC4)c(C)c3)nc2n(C2CC(=O)c3ccccc3C2)c1=O. The van der Waals surface area contributed by atoms with Gasteiger partial charge in [-0.2, -0.15) is 4.98 Å². The summed E-state index contributed by atoms with van der Waals surface area (Å²) in [6.07, 6.45) is 2.58. The number of pyridine rings is 1. The van der Waals surface area contributed by atoms with Gasteiger partial charge in [0.2, 0.25) is 5.95 Å². The van der Waals surface area contributed by atoms with Gasteiger partial charge in [0.1, 0.15) is 5.65 Å². The van der Waals surface area contributed by atoms with E-state index in [1.54, 1.807) is 10.8 Å². The second-order valence-corrected chi connectivity index (χ2v) is 11.5. The maximum atomic E-state index is 14.3. The first-order valence-corrected chi connectivity index (χ1v) is 14.9. The highest BCUT2D eigenvalue weighted by molar-refractivity contribution is 5.99.